The summed E-state index contributed by atoms with van der Waals surface area (Å²) in [5.41, 5.74) is 10.5. The van der Waals surface area contributed by atoms with Crippen LogP contribution in [0.15, 0.2) is 27.4 Å². The molecule has 19 heavy (non-hydrogen) atoms. The summed E-state index contributed by atoms with van der Waals surface area (Å²) in [4.78, 5) is 16.7. The number of para-hydroxylation sites is 1. The maximum absolute atomic E-state index is 12.1. The molecule has 0 unspecified atom stereocenters. The van der Waals surface area contributed by atoms with Gasteiger partial charge < -0.3 is 10.2 Å². The molecule has 0 amide bonds. The summed E-state index contributed by atoms with van der Waals surface area (Å²) in [6.07, 6.45) is 0. The van der Waals surface area contributed by atoms with Crippen LogP contribution in [0, 0.1) is 20.8 Å². The SMILES string of the molecule is Cc1c2nc3cccc(N)c3oc-2c(C)c(=O)c1C. The molecule has 4 nitrogen and oxygen atoms in total. The van der Waals surface area contributed by atoms with Crippen LogP contribution in [0.5, 0.6) is 0 Å². The number of rotatable bonds is 0. The third kappa shape index (κ3) is 1.53. The van der Waals surface area contributed by atoms with Gasteiger partial charge in [-0.25, -0.2) is 4.98 Å². The van der Waals surface area contributed by atoms with Gasteiger partial charge >= 0.3 is 0 Å². The Morgan fingerprint density at radius 2 is 1.84 bits per heavy atom. The largest absolute Gasteiger partial charge is 0.450 e. The van der Waals surface area contributed by atoms with E-state index in [1.165, 1.54) is 0 Å². The van der Waals surface area contributed by atoms with Gasteiger partial charge in [0.2, 0.25) is 0 Å². The van der Waals surface area contributed by atoms with Crippen molar-refractivity contribution in [3.63, 3.8) is 0 Å². The number of hydrogen-bond donors (Lipinski definition) is 1. The first kappa shape index (κ1) is 11.7. The summed E-state index contributed by atoms with van der Waals surface area (Å²) in [7, 11) is 0. The van der Waals surface area contributed by atoms with Gasteiger partial charge in [-0.2, -0.15) is 0 Å². The summed E-state index contributed by atoms with van der Waals surface area (Å²) < 4.78 is 5.84. The number of fused-ring (bicyclic) bond motifs is 2. The molecule has 3 rings (SSSR count). The summed E-state index contributed by atoms with van der Waals surface area (Å²) in [5, 5.41) is 0. The van der Waals surface area contributed by atoms with Crippen molar-refractivity contribution in [2.45, 2.75) is 20.8 Å². The van der Waals surface area contributed by atoms with E-state index in [9.17, 15) is 4.79 Å². The first-order valence-electron chi connectivity index (χ1n) is 6.09. The number of hydrogen-bond acceptors (Lipinski definition) is 4. The molecule has 0 atom stereocenters. The molecule has 0 radical (unpaired) electrons. The molecule has 1 heterocycles. The molecular formula is C15H14N2O2. The van der Waals surface area contributed by atoms with Crippen molar-refractivity contribution in [3.05, 3.63) is 45.1 Å². The van der Waals surface area contributed by atoms with Crippen LogP contribution in [0.4, 0.5) is 5.69 Å². The van der Waals surface area contributed by atoms with E-state index in [-0.39, 0.29) is 5.43 Å². The smallest absolute Gasteiger partial charge is 0.188 e. The summed E-state index contributed by atoms with van der Waals surface area (Å²) in [6.45, 7) is 5.46. The highest BCUT2D eigenvalue weighted by Crippen LogP contribution is 2.32. The van der Waals surface area contributed by atoms with E-state index in [2.05, 4.69) is 4.98 Å². The number of aromatic nitrogens is 1. The summed E-state index contributed by atoms with van der Waals surface area (Å²) >= 11 is 0. The molecule has 1 aliphatic heterocycles. The molecule has 0 saturated heterocycles. The second kappa shape index (κ2) is 3.82. The van der Waals surface area contributed by atoms with E-state index in [1.807, 2.05) is 26.0 Å². The van der Waals surface area contributed by atoms with Crippen LogP contribution in [0.2, 0.25) is 0 Å². The number of nitrogens with zero attached hydrogens (tertiary/aromatic N) is 1. The lowest BCUT2D eigenvalue weighted by molar-refractivity contribution is 0.608. The molecule has 0 bridgehead atoms. The van der Waals surface area contributed by atoms with E-state index in [0.717, 1.165) is 16.8 Å². The average molecular weight is 254 g/mol. The Balaban J connectivity index is 2.60. The standard InChI is InChI=1S/C15H14N2O2/c1-7-8(2)13(18)9(3)14-12(7)17-11-6-4-5-10(16)15(11)19-14/h4-6H,16H2,1-3H3. The van der Waals surface area contributed by atoms with Crippen LogP contribution >= 0.6 is 0 Å². The molecule has 2 aliphatic rings. The molecule has 0 aromatic heterocycles. The van der Waals surface area contributed by atoms with Crippen LogP contribution < -0.4 is 11.2 Å². The Kier molecular flexibility index (Phi) is 2.35. The fourth-order valence-corrected chi connectivity index (χ4v) is 2.30. The Morgan fingerprint density at radius 1 is 1.11 bits per heavy atom. The molecule has 2 N–H and O–H groups in total. The number of anilines is 1. The topological polar surface area (TPSA) is 69.1 Å². The van der Waals surface area contributed by atoms with E-state index in [4.69, 9.17) is 10.2 Å². The number of benzene rings is 2. The lowest BCUT2D eigenvalue weighted by atomic mass is 9.99. The van der Waals surface area contributed by atoms with Crippen LogP contribution in [-0.4, -0.2) is 4.98 Å². The minimum Gasteiger partial charge on any atom is -0.450 e. The van der Waals surface area contributed by atoms with Gasteiger partial charge in [-0.05, 0) is 38.5 Å². The minimum atomic E-state index is 0.00408. The van der Waals surface area contributed by atoms with E-state index >= 15 is 0 Å². The van der Waals surface area contributed by atoms with Gasteiger partial charge in [0.1, 0.15) is 11.2 Å². The lowest BCUT2D eigenvalue weighted by Gasteiger charge is -2.13. The number of nitrogen functional groups attached to an aromatic ring is 1. The number of nitrogens with two attached hydrogens (primary N) is 1. The lowest BCUT2D eigenvalue weighted by Crippen LogP contribution is -2.14. The molecule has 1 aliphatic carbocycles. The highest BCUT2D eigenvalue weighted by Gasteiger charge is 2.20. The minimum absolute atomic E-state index is 0.00408. The van der Waals surface area contributed by atoms with Gasteiger partial charge in [0, 0.05) is 11.1 Å². The first-order chi connectivity index (χ1) is 9.00. The highest BCUT2D eigenvalue weighted by molar-refractivity contribution is 5.87. The Bertz CT molecular complexity index is 834. The van der Waals surface area contributed by atoms with Gasteiger partial charge in [-0.1, -0.05) is 6.07 Å². The molecular weight excluding hydrogens is 240 g/mol. The molecule has 4 heteroatoms. The van der Waals surface area contributed by atoms with Crippen LogP contribution in [0.3, 0.4) is 0 Å². The fourth-order valence-electron chi connectivity index (χ4n) is 2.30. The average Bonchev–Trinajstić information content (AvgIpc) is 2.42. The first-order valence-corrected chi connectivity index (χ1v) is 6.09. The third-order valence-corrected chi connectivity index (χ3v) is 3.62. The van der Waals surface area contributed by atoms with E-state index in [1.54, 1.807) is 13.0 Å². The zero-order chi connectivity index (χ0) is 13.7. The summed E-state index contributed by atoms with van der Waals surface area (Å²) in [6, 6.07) is 5.45. The monoisotopic (exact) mass is 254 g/mol. The van der Waals surface area contributed by atoms with E-state index < -0.39 is 0 Å². The molecule has 1 aromatic rings. The van der Waals surface area contributed by atoms with Gasteiger partial charge in [0.15, 0.2) is 16.8 Å². The highest BCUT2D eigenvalue weighted by atomic mass is 16.3. The fraction of sp³-hybridized carbons (Fsp3) is 0.200. The van der Waals surface area contributed by atoms with Crippen molar-refractivity contribution in [2.24, 2.45) is 0 Å². The quantitative estimate of drug-likeness (QED) is 0.494. The molecule has 0 fully saturated rings. The Hall–Kier alpha value is -2.36. The summed E-state index contributed by atoms with van der Waals surface area (Å²) in [5.74, 6) is 0.526. The van der Waals surface area contributed by atoms with Crippen molar-refractivity contribution in [2.75, 3.05) is 5.73 Å². The van der Waals surface area contributed by atoms with Gasteiger partial charge in [0.05, 0.1) is 5.69 Å². The molecule has 0 saturated carbocycles. The zero-order valence-electron chi connectivity index (χ0n) is 11.1. The molecule has 0 spiro atoms. The van der Waals surface area contributed by atoms with Crippen molar-refractivity contribution in [1.29, 1.82) is 0 Å². The Labute approximate surface area is 110 Å². The van der Waals surface area contributed by atoms with Gasteiger partial charge in [0.25, 0.3) is 0 Å². The van der Waals surface area contributed by atoms with Crippen molar-refractivity contribution in [1.82, 2.24) is 4.98 Å². The Morgan fingerprint density at radius 3 is 2.58 bits per heavy atom. The second-order valence-electron chi connectivity index (χ2n) is 4.79. The van der Waals surface area contributed by atoms with E-state index in [0.29, 0.717) is 28.1 Å². The maximum atomic E-state index is 12.1. The maximum Gasteiger partial charge on any atom is 0.188 e. The van der Waals surface area contributed by atoms with Gasteiger partial charge in [-0.3, -0.25) is 4.79 Å². The molecule has 96 valence electrons. The van der Waals surface area contributed by atoms with Crippen LogP contribution in [0.1, 0.15) is 16.7 Å². The van der Waals surface area contributed by atoms with Crippen molar-refractivity contribution in [3.8, 4) is 11.5 Å². The van der Waals surface area contributed by atoms with Gasteiger partial charge in [-0.15, -0.1) is 0 Å². The van der Waals surface area contributed by atoms with Crippen LogP contribution in [0.25, 0.3) is 22.6 Å². The predicted molar refractivity (Wildman–Crippen MR) is 75.5 cm³/mol. The third-order valence-electron chi connectivity index (χ3n) is 3.62. The normalized spacial score (nSPS) is 11.3. The van der Waals surface area contributed by atoms with Crippen LogP contribution in [-0.2, 0) is 0 Å². The zero-order valence-corrected chi connectivity index (χ0v) is 11.1. The van der Waals surface area contributed by atoms with Crippen molar-refractivity contribution < 1.29 is 4.42 Å². The second-order valence-corrected chi connectivity index (χ2v) is 4.79. The predicted octanol–water partition coefficient (Wildman–Crippen LogP) is 2.80. The molecule has 1 aromatic carbocycles. The van der Waals surface area contributed by atoms with Crippen molar-refractivity contribution >= 4 is 16.8 Å².